The fourth-order valence-electron chi connectivity index (χ4n) is 2.65. The molecule has 1 aromatic rings. The van der Waals surface area contributed by atoms with E-state index in [0.717, 1.165) is 6.42 Å². The molecule has 0 spiro atoms. The van der Waals surface area contributed by atoms with E-state index in [1.54, 1.807) is 0 Å². The number of allylic oxidation sites excluding steroid dienone is 1. The van der Waals surface area contributed by atoms with Crippen LogP contribution in [-0.2, 0) is 25.8 Å². The molecular weight excluding hydrogens is 330 g/mol. The van der Waals surface area contributed by atoms with Crippen LogP contribution in [0.3, 0.4) is 0 Å². The average Bonchev–Trinajstić information content (AvgIpc) is 2.61. The zero-order chi connectivity index (χ0) is 12.6. The van der Waals surface area contributed by atoms with Crippen LogP contribution in [0.25, 0.3) is 6.08 Å². The maximum atomic E-state index is 6.33. The van der Waals surface area contributed by atoms with Gasteiger partial charge in [0.25, 0.3) is 0 Å². The Morgan fingerprint density at radius 3 is 2.53 bits per heavy atom. The van der Waals surface area contributed by atoms with E-state index >= 15 is 0 Å². The molecule has 0 heterocycles. The van der Waals surface area contributed by atoms with Gasteiger partial charge in [0.1, 0.15) is 0 Å². The number of rotatable bonds is 3. The summed E-state index contributed by atoms with van der Waals surface area (Å²) in [6.45, 7) is 6.57. The van der Waals surface area contributed by atoms with Crippen LogP contribution in [0.4, 0.5) is 0 Å². The summed E-state index contributed by atoms with van der Waals surface area (Å²) in [7, 11) is 12.7. The average molecular weight is 347 g/mol. The first-order chi connectivity index (χ1) is 8.06. The van der Waals surface area contributed by atoms with Gasteiger partial charge in [0, 0.05) is 0 Å². The van der Waals surface area contributed by atoms with Gasteiger partial charge < -0.3 is 0 Å². The molecular formula is C14H17Cl2Zr. The van der Waals surface area contributed by atoms with Crippen LogP contribution < -0.4 is 0 Å². The number of hydrogen-bond acceptors (Lipinski definition) is 0. The third-order valence-electron chi connectivity index (χ3n) is 3.45. The molecule has 1 aliphatic rings. The monoisotopic (exact) mass is 345 g/mol. The van der Waals surface area contributed by atoms with E-state index in [1.165, 1.54) is 34.2 Å². The van der Waals surface area contributed by atoms with Gasteiger partial charge >= 0.3 is 120 Å². The molecule has 0 N–H and O–H groups in total. The Labute approximate surface area is 119 Å². The summed E-state index contributed by atoms with van der Waals surface area (Å²) in [4.78, 5) is 0. The van der Waals surface area contributed by atoms with Crippen molar-refractivity contribution < 1.29 is 19.4 Å². The molecule has 0 nitrogen and oxygen atoms in total. The van der Waals surface area contributed by atoms with Crippen molar-refractivity contribution in [1.82, 2.24) is 0 Å². The molecule has 0 amide bonds. The van der Waals surface area contributed by atoms with E-state index in [-0.39, 0.29) is 0 Å². The first-order valence-electron chi connectivity index (χ1n) is 6.04. The van der Waals surface area contributed by atoms with E-state index in [9.17, 15) is 0 Å². The summed E-state index contributed by atoms with van der Waals surface area (Å²) in [5, 5.41) is 0. The third-order valence-corrected chi connectivity index (χ3v) is 8.93. The summed E-state index contributed by atoms with van der Waals surface area (Å²) in [5.41, 5.74) is 7.00. The summed E-state index contributed by atoms with van der Waals surface area (Å²) in [6.07, 6.45) is 4.63. The molecule has 17 heavy (non-hydrogen) atoms. The van der Waals surface area contributed by atoms with Crippen LogP contribution in [0, 0.1) is 6.92 Å². The molecule has 0 fully saturated rings. The van der Waals surface area contributed by atoms with Gasteiger partial charge in [0.2, 0.25) is 0 Å². The summed E-state index contributed by atoms with van der Waals surface area (Å²) in [6, 6.07) is 4.48. The van der Waals surface area contributed by atoms with Crippen molar-refractivity contribution >= 4 is 23.1 Å². The molecule has 0 saturated carbocycles. The van der Waals surface area contributed by atoms with E-state index in [1.807, 2.05) is 0 Å². The molecule has 1 unspecified atom stereocenters. The molecule has 91 valence electrons. The fraction of sp³-hybridized carbons (Fsp3) is 0.429. The van der Waals surface area contributed by atoms with Gasteiger partial charge in [-0.05, 0) is 0 Å². The predicted octanol–water partition coefficient (Wildman–Crippen LogP) is 5.33. The van der Waals surface area contributed by atoms with Crippen LogP contribution in [0.2, 0.25) is 0 Å². The zero-order valence-corrected chi connectivity index (χ0v) is 14.4. The van der Waals surface area contributed by atoms with Crippen molar-refractivity contribution in [2.45, 2.75) is 37.2 Å². The second-order valence-electron chi connectivity index (χ2n) is 4.73. The minimum absolute atomic E-state index is 0.368. The quantitative estimate of drug-likeness (QED) is 0.693. The first kappa shape index (κ1) is 13.8. The standard InChI is InChI=1S/C14H17.2ClH.Zr/c1-4-5-12-7-6-11(3)13-8-10(2)9-14(12)13;;;/h6-9H,4-5H2,1-3H3;2*1H;/q;;;+2/p-2. The minimum atomic E-state index is -2.27. The van der Waals surface area contributed by atoms with Gasteiger partial charge in [-0.25, -0.2) is 0 Å². The van der Waals surface area contributed by atoms with Crippen molar-refractivity contribution in [1.29, 1.82) is 0 Å². The Hall–Kier alpha value is 0.423. The van der Waals surface area contributed by atoms with Gasteiger partial charge in [0.15, 0.2) is 0 Å². The summed E-state index contributed by atoms with van der Waals surface area (Å²) in [5.74, 6) is 0. The van der Waals surface area contributed by atoms with E-state index < -0.39 is 19.4 Å². The number of aryl methyl sites for hydroxylation is 2. The van der Waals surface area contributed by atoms with E-state index in [0.29, 0.717) is 3.63 Å². The fourth-order valence-corrected chi connectivity index (χ4v) is 8.51. The Morgan fingerprint density at radius 2 is 1.94 bits per heavy atom. The van der Waals surface area contributed by atoms with Crippen LogP contribution in [0.5, 0.6) is 0 Å². The van der Waals surface area contributed by atoms with Gasteiger partial charge in [-0.2, -0.15) is 0 Å². The maximum absolute atomic E-state index is 6.33. The Kier molecular flexibility index (Phi) is 4.56. The van der Waals surface area contributed by atoms with Gasteiger partial charge in [0.05, 0.1) is 0 Å². The zero-order valence-electron chi connectivity index (χ0n) is 10.5. The number of fused-ring (bicyclic) bond motifs is 1. The molecule has 0 radical (unpaired) electrons. The molecule has 0 aliphatic heterocycles. The Bertz CT molecular complexity index is 464. The van der Waals surface area contributed by atoms with Gasteiger partial charge in [-0.3, -0.25) is 0 Å². The number of halogens is 2. The van der Waals surface area contributed by atoms with Crippen LogP contribution >= 0.6 is 17.0 Å². The van der Waals surface area contributed by atoms with Gasteiger partial charge in [-0.1, -0.05) is 0 Å². The molecule has 1 aliphatic carbocycles. The normalized spacial score (nSPS) is 17.9. The van der Waals surface area contributed by atoms with Crippen molar-refractivity contribution in [2.75, 3.05) is 0 Å². The van der Waals surface area contributed by atoms with Gasteiger partial charge in [-0.15, -0.1) is 0 Å². The Morgan fingerprint density at radius 1 is 1.24 bits per heavy atom. The summed E-state index contributed by atoms with van der Waals surface area (Å²) < 4.78 is 0.368. The summed E-state index contributed by atoms with van der Waals surface area (Å²) >= 11 is -2.27. The van der Waals surface area contributed by atoms with E-state index in [4.69, 9.17) is 17.0 Å². The van der Waals surface area contributed by atoms with Crippen molar-refractivity contribution in [3.8, 4) is 0 Å². The SMILES string of the molecule is CCCc1ccc(C)c2c1C=C(C)[CH]2[Zr]([Cl])[Cl]. The van der Waals surface area contributed by atoms with E-state index in [2.05, 4.69) is 39.0 Å². The van der Waals surface area contributed by atoms with Crippen molar-refractivity contribution in [3.63, 3.8) is 0 Å². The Balaban J connectivity index is 2.56. The topological polar surface area (TPSA) is 0 Å². The predicted molar refractivity (Wildman–Crippen MR) is 73.3 cm³/mol. The molecule has 1 atom stereocenters. The van der Waals surface area contributed by atoms with Crippen LogP contribution in [-0.4, -0.2) is 0 Å². The second-order valence-corrected chi connectivity index (χ2v) is 13.5. The molecule has 1 aromatic carbocycles. The molecule has 0 bridgehead atoms. The van der Waals surface area contributed by atoms with Crippen LogP contribution in [0.15, 0.2) is 17.7 Å². The number of benzene rings is 1. The second kappa shape index (κ2) is 5.60. The van der Waals surface area contributed by atoms with Crippen LogP contribution in [0.1, 0.15) is 46.1 Å². The molecule has 0 saturated heterocycles. The third kappa shape index (κ3) is 2.58. The van der Waals surface area contributed by atoms with Crippen molar-refractivity contribution in [3.05, 3.63) is 40.0 Å². The molecule has 3 heteroatoms. The van der Waals surface area contributed by atoms with Crippen molar-refractivity contribution in [2.24, 2.45) is 0 Å². The number of hydrogen-bond donors (Lipinski definition) is 0. The first-order valence-corrected chi connectivity index (χ1v) is 13.8. The molecule has 2 rings (SSSR count). The molecule has 0 aromatic heterocycles.